The SMILES string of the molecule is CCCCC[C@H](Nc1ccc(OC)nc1)C(=O)N1CCCCC1C(N)=O.[HH].[HH]. The lowest BCUT2D eigenvalue weighted by Gasteiger charge is -2.36. The summed E-state index contributed by atoms with van der Waals surface area (Å²) in [5.74, 6) is 0.0473. The maximum absolute atomic E-state index is 13.1. The number of pyridine rings is 1. The Balaban J connectivity index is 0.00000364. The van der Waals surface area contributed by atoms with E-state index in [-0.39, 0.29) is 8.76 Å². The number of nitrogens with two attached hydrogens (primary N) is 1. The Kier molecular flexibility index (Phi) is 7.69. The molecule has 1 fully saturated rings. The molecule has 3 N–H and O–H groups in total. The standard InChI is InChI=1S/C19H30N4O3.2H2/c1-3-4-5-8-15(22-14-10-11-17(26-2)21-13-14)19(25)23-12-7-6-9-16(23)18(20)24;;/h10-11,13,15-16,22H,3-9,12H2,1-2H3,(H2,20,24);2*1H/t15-,16?;;/m0../s1. The molecule has 0 bridgehead atoms. The number of aromatic nitrogens is 1. The minimum atomic E-state index is -0.499. The van der Waals surface area contributed by atoms with Gasteiger partial charge in [-0.25, -0.2) is 4.98 Å². The van der Waals surface area contributed by atoms with E-state index in [9.17, 15) is 9.59 Å². The molecule has 0 radical (unpaired) electrons. The summed E-state index contributed by atoms with van der Waals surface area (Å²) in [6.07, 6.45) is 7.92. The Morgan fingerprint density at radius 3 is 2.85 bits per heavy atom. The van der Waals surface area contributed by atoms with Crippen molar-refractivity contribution in [2.45, 2.75) is 64.0 Å². The van der Waals surface area contributed by atoms with Crippen molar-refractivity contribution < 1.29 is 17.2 Å². The first-order valence-electron chi connectivity index (χ1n) is 9.43. The lowest BCUT2D eigenvalue weighted by Crippen LogP contribution is -2.54. The molecule has 1 saturated heterocycles. The molecule has 1 aliphatic rings. The van der Waals surface area contributed by atoms with Gasteiger partial charge in [-0.3, -0.25) is 9.59 Å². The summed E-state index contributed by atoms with van der Waals surface area (Å²) in [6, 6.07) is 2.70. The van der Waals surface area contributed by atoms with Crippen LogP contribution in [-0.2, 0) is 9.59 Å². The van der Waals surface area contributed by atoms with E-state index in [2.05, 4.69) is 17.2 Å². The molecule has 1 aromatic heterocycles. The average Bonchev–Trinajstić information content (AvgIpc) is 2.67. The van der Waals surface area contributed by atoms with E-state index in [0.717, 1.165) is 37.8 Å². The highest BCUT2D eigenvalue weighted by Gasteiger charge is 2.34. The van der Waals surface area contributed by atoms with Crippen molar-refractivity contribution in [3.05, 3.63) is 18.3 Å². The van der Waals surface area contributed by atoms with E-state index in [0.29, 0.717) is 25.3 Å². The molecule has 0 aromatic carbocycles. The molecule has 2 heterocycles. The highest BCUT2D eigenvalue weighted by molar-refractivity contribution is 5.90. The summed E-state index contributed by atoms with van der Waals surface area (Å²) in [5.41, 5.74) is 6.28. The summed E-state index contributed by atoms with van der Waals surface area (Å²) < 4.78 is 5.07. The highest BCUT2D eigenvalue weighted by atomic mass is 16.5. The normalized spacial score (nSPS) is 18.2. The fraction of sp³-hybridized carbons (Fsp3) is 0.632. The van der Waals surface area contributed by atoms with Crippen molar-refractivity contribution in [1.29, 1.82) is 0 Å². The number of hydrogen-bond donors (Lipinski definition) is 2. The summed E-state index contributed by atoms with van der Waals surface area (Å²) in [6.45, 7) is 2.71. The highest BCUT2D eigenvalue weighted by Crippen LogP contribution is 2.21. The van der Waals surface area contributed by atoms with Crippen LogP contribution in [0.3, 0.4) is 0 Å². The van der Waals surface area contributed by atoms with Crippen molar-refractivity contribution in [3.63, 3.8) is 0 Å². The average molecular weight is 367 g/mol. The molecule has 7 nitrogen and oxygen atoms in total. The van der Waals surface area contributed by atoms with E-state index in [1.807, 2.05) is 6.07 Å². The zero-order chi connectivity index (χ0) is 18.9. The molecule has 2 amide bonds. The number of hydrogen-bond acceptors (Lipinski definition) is 5. The third-order valence-electron chi connectivity index (χ3n) is 4.80. The van der Waals surface area contributed by atoms with E-state index in [1.165, 1.54) is 0 Å². The van der Waals surface area contributed by atoms with Gasteiger partial charge in [0.2, 0.25) is 17.7 Å². The lowest BCUT2D eigenvalue weighted by atomic mass is 9.99. The topological polar surface area (TPSA) is 97.6 Å². The minimum absolute atomic E-state index is 0. The smallest absolute Gasteiger partial charge is 0.245 e. The predicted octanol–water partition coefficient (Wildman–Crippen LogP) is 2.81. The summed E-state index contributed by atoms with van der Waals surface area (Å²) in [7, 11) is 1.56. The van der Waals surface area contributed by atoms with E-state index in [4.69, 9.17) is 10.5 Å². The van der Waals surface area contributed by atoms with Crippen molar-refractivity contribution in [3.8, 4) is 5.88 Å². The fourth-order valence-electron chi connectivity index (χ4n) is 3.33. The second kappa shape index (κ2) is 9.99. The van der Waals surface area contributed by atoms with Crippen LogP contribution in [-0.4, -0.2) is 47.4 Å². The fourth-order valence-corrected chi connectivity index (χ4v) is 3.33. The van der Waals surface area contributed by atoms with Crippen LogP contribution in [0.5, 0.6) is 5.88 Å². The minimum Gasteiger partial charge on any atom is -0.481 e. The summed E-state index contributed by atoms with van der Waals surface area (Å²) in [5, 5.41) is 3.28. The monoisotopic (exact) mass is 366 g/mol. The number of primary amides is 1. The molecular formula is C19H34N4O3. The largest absolute Gasteiger partial charge is 0.481 e. The number of unbranched alkanes of at least 4 members (excludes halogenated alkanes) is 2. The number of nitrogens with one attached hydrogen (secondary N) is 1. The molecule has 1 aliphatic heterocycles. The second-order valence-corrected chi connectivity index (χ2v) is 6.73. The van der Waals surface area contributed by atoms with Crippen LogP contribution >= 0.6 is 0 Å². The molecule has 7 heteroatoms. The van der Waals surface area contributed by atoms with Gasteiger partial charge >= 0.3 is 0 Å². The number of anilines is 1. The lowest BCUT2D eigenvalue weighted by molar-refractivity contribution is -0.141. The van der Waals surface area contributed by atoms with Gasteiger partial charge < -0.3 is 20.7 Å². The number of nitrogens with zero attached hydrogens (tertiary/aromatic N) is 2. The molecule has 0 spiro atoms. The zero-order valence-corrected chi connectivity index (χ0v) is 15.7. The maximum atomic E-state index is 13.1. The van der Waals surface area contributed by atoms with Crippen molar-refractivity contribution in [2.24, 2.45) is 5.73 Å². The van der Waals surface area contributed by atoms with E-state index in [1.54, 1.807) is 24.3 Å². The predicted molar refractivity (Wildman–Crippen MR) is 105 cm³/mol. The Morgan fingerprint density at radius 1 is 1.42 bits per heavy atom. The van der Waals surface area contributed by atoms with Crippen LogP contribution in [0.4, 0.5) is 5.69 Å². The van der Waals surface area contributed by atoms with Gasteiger partial charge in [-0.2, -0.15) is 0 Å². The number of ether oxygens (including phenoxy) is 1. The van der Waals surface area contributed by atoms with Crippen LogP contribution < -0.4 is 15.8 Å². The van der Waals surface area contributed by atoms with Gasteiger partial charge in [0.25, 0.3) is 0 Å². The Morgan fingerprint density at radius 2 is 2.23 bits per heavy atom. The molecule has 2 rings (SSSR count). The van der Waals surface area contributed by atoms with Crippen LogP contribution in [0.2, 0.25) is 0 Å². The van der Waals surface area contributed by atoms with Gasteiger partial charge in [0.1, 0.15) is 12.1 Å². The van der Waals surface area contributed by atoms with Gasteiger partial charge in [0.05, 0.1) is 19.0 Å². The zero-order valence-electron chi connectivity index (χ0n) is 15.7. The van der Waals surface area contributed by atoms with Crippen LogP contribution in [0.15, 0.2) is 18.3 Å². The number of carbonyl (C=O) groups excluding carboxylic acids is 2. The third kappa shape index (κ3) is 5.34. The number of methoxy groups -OCH3 is 1. The molecule has 2 atom stereocenters. The molecule has 148 valence electrons. The van der Waals surface area contributed by atoms with E-state index < -0.39 is 18.0 Å². The molecule has 1 unspecified atom stereocenters. The number of rotatable bonds is 9. The Hall–Kier alpha value is -2.31. The van der Waals surface area contributed by atoms with Gasteiger partial charge in [-0.15, -0.1) is 0 Å². The first kappa shape index (κ1) is 20.0. The molecule has 0 saturated carbocycles. The van der Waals surface area contributed by atoms with Crippen molar-refractivity contribution >= 4 is 17.5 Å². The first-order chi connectivity index (χ1) is 12.6. The molecular weight excluding hydrogens is 332 g/mol. The Bertz CT molecular complexity index is 601. The Labute approximate surface area is 158 Å². The molecule has 1 aromatic rings. The van der Waals surface area contributed by atoms with Gasteiger partial charge in [-0.05, 0) is 31.7 Å². The third-order valence-corrected chi connectivity index (χ3v) is 4.80. The first-order valence-corrected chi connectivity index (χ1v) is 9.43. The van der Waals surface area contributed by atoms with Gasteiger partial charge in [0.15, 0.2) is 0 Å². The van der Waals surface area contributed by atoms with E-state index >= 15 is 0 Å². The van der Waals surface area contributed by atoms with Crippen molar-refractivity contribution in [2.75, 3.05) is 19.0 Å². The van der Waals surface area contributed by atoms with Crippen LogP contribution in [0.1, 0.15) is 54.7 Å². The second-order valence-electron chi connectivity index (χ2n) is 6.73. The van der Waals surface area contributed by atoms with Gasteiger partial charge in [0, 0.05) is 15.5 Å². The summed E-state index contributed by atoms with van der Waals surface area (Å²) >= 11 is 0. The van der Waals surface area contributed by atoms with Crippen LogP contribution in [0.25, 0.3) is 0 Å². The van der Waals surface area contributed by atoms with Gasteiger partial charge in [-0.1, -0.05) is 26.2 Å². The number of likely N-dealkylation sites (tertiary alicyclic amines) is 1. The quantitative estimate of drug-likeness (QED) is 0.655. The maximum Gasteiger partial charge on any atom is 0.245 e. The van der Waals surface area contributed by atoms with Crippen molar-refractivity contribution in [1.82, 2.24) is 9.88 Å². The van der Waals surface area contributed by atoms with Crippen LogP contribution in [0, 0.1) is 0 Å². The number of amides is 2. The number of piperidine rings is 1. The molecule has 0 aliphatic carbocycles. The number of carbonyl (C=O) groups is 2. The summed E-state index contributed by atoms with van der Waals surface area (Å²) in [4.78, 5) is 30.7. The molecule has 26 heavy (non-hydrogen) atoms.